The van der Waals surface area contributed by atoms with E-state index in [1.165, 1.54) is 30.8 Å². The molecule has 81 heavy (non-hydrogen) atoms. The molecule has 2 aliphatic rings. The highest BCUT2D eigenvalue weighted by molar-refractivity contribution is 6.36. The monoisotopic (exact) mass is 1090 g/mol. The van der Waals surface area contributed by atoms with Gasteiger partial charge in [-0.1, -0.05) is 141 Å². The van der Waals surface area contributed by atoms with E-state index >= 15 is 0 Å². The SMILES string of the molecule is CCCCCOc1ccc(C(=O)O)cc1.O=C(O)C(F)=Cc1ccccc1.O=C(O)C1C(c2ccccc2)=C1c1ccccc1.O=C(O)c1cccc(N2C(=O)c3cccc4cccc(c34)C2=O)c1.O=C(O)c1ccncc1C(=O)O. The first-order valence-electron chi connectivity index (χ1n) is 24.8. The fourth-order valence-corrected chi connectivity index (χ4v) is 8.14. The number of anilines is 1. The molecule has 0 saturated heterocycles. The number of aliphatic carboxylic acids is 2. The fraction of sp³-hybridized carbons (Fsp3) is 0.0952. The number of aromatic carboxylic acids is 4. The number of halogens is 1. The average Bonchev–Trinajstić information content (AvgIpc) is 4.44. The number of ether oxygens (including phenoxy) is 1. The van der Waals surface area contributed by atoms with E-state index in [0.29, 0.717) is 28.7 Å². The van der Waals surface area contributed by atoms with Crippen LogP contribution in [0.4, 0.5) is 10.1 Å². The zero-order valence-corrected chi connectivity index (χ0v) is 43.1. The lowest BCUT2D eigenvalue weighted by atomic mass is 9.93. The van der Waals surface area contributed by atoms with E-state index in [1.807, 2.05) is 72.8 Å². The molecular formula is C63H51FN2O15. The van der Waals surface area contributed by atoms with Crippen molar-refractivity contribution >= 4 is 81.3 Å². The number of benzene rings is 7. The summed E-state index contributed by atoms with van der Waals surface area (Å²) in [7, 11) is 0. The van der Waals surface area contributed by atoms with Crippen molar-refractivity contribution in [2.24, 2.45) is 5.92 Å². The maximum Gasteiger partial charge on any atom is 0.364 e. The highest BCUT2D eigenvalue weighted by Crippen LogP contribution is 2.53. The normalized spacial score (nSPS) is 12.1. The molecule has 0 bridgehead atoms. The molecule has 1 aliphatic heterocycles. The Kier molecular flexibility index (Phi) is 20.9. The van der Waals surface area contributed by atoms with Crippen molar-refractivity contribution in [2.75, 3.05) is 11.5 Å². The molecule has 18 heteroatoms. The molecule has 1 aromatic heterocycles. The summed E-state index contributed by atoms with van der Waals surface area (Å²) in [6.07, 6.45) is 6.58. The number of carboxylic acids is 6. The van der Waals surface area contributed by atoms with Crippen LogP contribution in [-0.2, 0) is 9.59 Å². The van der Waals surface area contributed by atoms with Gasteiger partial charge in [-0.3, -0.25) is 19.4 Å². The molecule has 17 nitrogen and oxygen atoms in total. The Morgan fingerprint density at radius 2 is 1.09 bits per heavy atom. The molecule has 410 valence electrons. The predicted octanol–water partition coefficient (Wildman–Crippen LogP) is 12.2. The summed E-state index contributed by atoms with van der Waals surface area (Å²) in [5.41, 5.74) is 5.29. The van der Waals surface area contributed by atoms with Gasteiger partial charge >= 0.3 is 35.8 Å². The zero-order valence-electron chi connectivity index (χ0n) is 43.1. The molecule has 1 aliphatic carbocycles. The van der Waals surface area contributed by atoms with Gasteiger partial charge in [0.25, 0.3) is 11.8 Å². The lowest BCUT2D eigenvalue weighted by Gasteiger charge is -2.27. The van der Waals surface area contributed by atoms with Gasteiger partial charge in [0.1, 0.15) is 11.7 Å². The smallest absolute Gasteiger partial charge is 0.364 e. The molecule has 0 fully saturated rings. The molecule has 8 aromatic rings. The van der Waals surface area contributed by atoms with Crippen LogP contribution in [0.5, 0.6) is 5.75 Å². The summed E-state index contributed by atoms with van der Waals surface area (Å²) in [6, 6.07) is 51.9. The quantitative estimate of drug-likeness (QED) is 0.0316. The molecule has 0 unspecified atom stereocenters. The number of carbonyl (C=O) groups excluding carboxylic acids is 2. The molecule has 2 heterocycles. The largest absolute Gasteiger partial charge is 0.494 e. The summed E-state index contributed by atoms with van der Waals surface area (Å²) in [6.45, 7) is 2.84. The molecule has 0 spiro atoms. The number of rotatable bonds is 15. The van der Waals surface area contributed by atoms with Crippen LogP contribution >= 0.6 is 0 Å². The van der Waals surface area contributed by atoms with Gasteiger partial charge in [0.05, 0.1) is 34.5 Å². The predicted molar refractivity (Wildman–Crippen MR) is 299 cm³/mol. The molecule has 2 amide bonds. The van der Waals surface area contributed by atoms with E-state index in [4.69, 9.17) is 30.3 Å². The number of imide groups is 1. The van der Waals surface area contributed by atoms with E-state index in [0.717, 1.165) is 69.5 Å². The van der Waals surface area contributed by atoms with Crippen LogP contribution in [0, 0.1) is 5.92 Å². The van der Waals surface area contributed by atoms with E-state index in [1.54, 1.807) is 84.9 Å². The third kappa shape index (κ3) is 15.9. The first-order chi connectivity index (χ1) is 38.9. The van der Waals surface area contributed by atoms with Crippen LogP contribution in [0.1, 0.15) is 105 Å². The molecule has 0 saturated carbocycles. The van der Waals surface area contributed by atoms with Crippen molar-refractivity contribution in [3.63, 3.8) is 0 Å². The minimum absolute atomic E-state index is 0.0187. The van der Waals surface area contributed by atoms with E-state index in [-0.39, 0.29) is 27.9 Å². The van der Waals surface area contributed by atoms with Crippen molar-refractivity contribution in [3.8, 4) is 5.75 Å². The van der Waals surface area contributed by atoms with Gasteiger partial charge in [-0.05, 0) is 106 Å². The average molecular weight is 1100 g/mol. The second-order valence-electron chi connectivity index (χ2n) is 17.5. The topological polar surface area (TPSA) is 283 Å². The summed E-state index contributed by atoms with van der Waals surface area (Å²) in [5, 5.41) is 53.8. The van der Waals surface area contributed by atoms with Gasteiger partial charge in [0, 0.05) is 28.9 Å². The summed E-state index contributed by atoms with van der Waals surface area (Å²) in [5.74, 6) is -8.67. The minimum Gasteiger partial charge on any atom is -0.494 e. The van der Waals surface area contributed by atoms with E-state index in [9.17, 15) is 47.9 Å². The van der Waals surface area contributed by atoms with Crippen molar-refractivity contribution in [1.29, 1.82) is 0 Å². The van der Waals surface area contributed by atoms with E-state index < -0.39 is 59.4 Å². The number of hydrogen-bond acceptors (Lipinski definition) is 10. The Bertz CT molecular complexity index is 3530. The second-order valence-corrected chi connectivity index (χ2v) is 17.5. The number of hydrogen-bond donors (Lipinski definition) is 6. The molecule has 10 rings (SSSR count). The number of carboxylic acid groups (broad SMARTS) is 6. The van der Waals surface area contributed by atoms with E-state index in [2.05, 4.69) is 11.9 Å². The summed E-state index contributed by atoms with van der Waals surface area (Å²) >= 11 is 0. The third-order valence-electron chi connectivity index (χ3n) is 12.0. The number of aromatic nitrogens is 1. The molecule has 0 radical (unpaired) electrons. The van der Waals surface area contributed by atoms with Crippen LogP contribution < -0.4 is 9.64 Å². The fourth-order valence-electron chi connectivity index (χ4n) is 8.14. The number of carbonyl (C=O) groups is 8. The Balaban J connectivity index is 0.000000168. The Hall–Kier alpha value is -10.9. The zero-order chi connectivity index (χ0) is 58.6. The van der Waals surface area contributed by atoms with Crippen molar-refractivity contribution in [3.05, 3.63) is 250 Å². The number of nitrogens with zero attached hydrogens (tertiary/aromatic N) is 2. The molecule has 0 atom stereocenters. The van der Waals surface area contributed by atoms with Crippen molar-refractivity contribution in [2.45, 2.75) is 26.2 Å². The minimum atomic E-state index is -1.54. The highest BCUT2D eigenvalue weighted by atomic mass is 19.1. The lowest BCUT2D eigenvalue weighted by Crippen LogP contribution is -2.40. The van der Waals surface area contributed by atoms with Gasteiger partial charge in [-0.2, -0.15) is 4.39 Å². The first-order valence-corrected chi connectivity index (χ1v) is 24.8. The van der Waals surface area contributed by atoms with Crippen molar-refractivity contribution in [1.82, 2.24) is 4.98 Å². The highest BCUT2D eigenvalue weighted by Gasteiger charge is 2.43. The summed E-state index contributed by atoms with van der Waals surface area (Å²) < 4.78 is 17.9. The van der Waals surface area contributed by atoms with Gasteiger partial charge in [-0.25, -0.2) is 28.9 Å². The van der Waals surface area contributed by atoms with Crippen LogP contribution in [0.2, 0.25) is 0 Å². The van der Waals surface area contributed by atoms with Crippen molar-refractivity contribution < 1.29 is 78.1 Å². The van der Waals surface area contributed by atoms with Crippen LogP contribution in [-0.4, -0.2) is 89.9 Å². The third-order valence-corrected chi connectivity index (χ3v) is 12.0. The maximum absolute atomic E-state index is 12.9. The Morgan fingerprint density at radius 1 is 0.568 bits per heavy atom. The second kappa shape index (κ2) is 28.5. The molecule has 7 aromatic carbocycles. The van der Waals surface area contributed by atoms with Crippen LogP contribution in [0.3, 0.4) is 0 Å². The van der Waals surface area contributed by atoms with Gasteiger partial charge in [-0.15, -0.1) is 0 Å². The molecular weight excluding hydrogens is 1040 g/mol. The maximum atomic E-state index is 12.9. The Labute approximate surface area is 462 Å². The van der Waals surface area contributed by atoms with Gasteiger partial charge < -0.3 is 35.4 Å². The van der Waals surface area contributed by atoms with Crippen LogP contribution in [0.15, 0.2) is 200 Å². The standard InChI is InChI=1S/C19H11NO4.C16H12O2.C12H16O3.C9H7FO2.C7H5NO4/c21-17-14-8-2-4-11-5-3-9-15(16(11)14)18(22)20(17)13-7-1-6-12(10-13)19(23)24;17-16(18)15-13(11-7-3-1-4-8-11)14(15)12-9-5-2-6-10-12;1-2-3-4-9-15-11-7-5-10(6-8-11)12(13)14;10-8(9(11)12)6-7-4-2-1-3-5-7;9-6(10)4-1-2-8-3-5(4)7(11)12/h1-10H,(H,23,24);1-10,15H,(H,17,18);5-8H,2-4,9H2,1H3,(H,13,14);1-6H,(H,11,12);1-3H,(H,9,10)(H,11,12). The van der Waals surface area contributed by atoms with Crippen LogP contribution in [0.25, 0.3) is 28.0 Å². The Morgan fingerprint density at radius 3 is 1.56 bits per heavy atom. The number of amides is 2. The first kappa shape index (κ1) is 59.4. The lowest BCUT2D eigenvalue weighted by molar-refractivity contribution is -0.137. The van der Waals surface area contributed by atoms with Gasteiger partial charge in [0.2, 0.25) is 5.83 Å². The number of pyridine rings is 1. The summed E-state index contributed by atoms with van der Waals surface area (Å²) in [4.78, 5) is 94.2. The number of unbranched alkanes of at least 4 members (excludes halogenated alkanes) is 2. The molecule has 6 N–H and O–H groups in total. The van der Waals surface area contributed by atoms with Gasteiger partial charge in [0.15, 0.2) is 0 Å².